The molecule has 1 N–H and O–H groups in total. The molecule has 0 bridgehead atoms. The Hall–Kier alpha value is -5.30. The maximum absolute atomic E-state index is 12.8. The predicted octanol–water partition coefficient (Wildman–Crippen LogP) is 6.80. The number of carbonyl (C=O) groups is 1. The fourth-order valence-corrected chi connectivity index (χ4v) is 4.06. The molecule has 4 rings (SSSR count). The van der Waals surface area contributed by atoms with Crippen LogP contribution in [0, 0.1) is 20.2 Å². The molecule has 0 spiro atoms. The number of carbonyl (C=O) groups excluding carboxylic acids is 1. The van der Waals surface area contributed by atoms with Crippen LogP contribution in [0.5, 0.6) is 23.0 Å². The van der Waals surface area contributed by atoms with E-state index in [9.17, 15) is 25.0 Å². The van der Waals surface area contributed by atoms with Crippen molar-refractivity contribution in [3.63, 3.8) is 0 Å². The van der Waals surface area contributed by atoms with Gasteiger partial charge < -0.3 is 14.2 Å². The number of hydrazone groups is 1. The summed E-state index contributed by atoms with van der Waals surface area (Å²) in [5, 5.41) is 26.5. The molecule has 1 amide bonds. The standard InChI is InChI=1S/C29H23BrN4O8/c1-2-40-28-15-20(8-11-27(28)41-18-19-6-4-3-5-7-19)29(35)32-31-17-21-14-22(30)9-12-25(21)42-26-13-10-23(33(36)37)16-24(26)34(38)39/h3-17H,2,18H2,1H3,(H,32,35)/b31-17+. The van der Waals surface area contributed by atoms with Crippen molar-refractivity contribution in [1.82, 2.24) is 5.43 Å². The van der Waals surface area contributed by atoms with Gasteiger partial charge in [-0.15, -0.1) is 0 Å². The van der Waals surface area contributed by atoms with Crippen LogP contribution in [0.1, 0.15) is 28.4 Å². The Bertz CT molecular complexity index is 1650. The Balaban J connectivity index is 1.49. The number of nitrogens with one attached hydrogen (secondary N) is 1. The van der Waals surface area contributed by atoms with Gasteiger partial charge in [0, 0.05) is 21.7 Å². The normalized spacial score (nSPS) is 10.7. The monoisotopic (exact) mass is 634 g/mol. The van der Waals surface area contributed by atoms with Crippen molar-refractivity contribution in [2.24, 2.45) is 5.10 Å². The molecule has 214 valence electrons. The fraction of sp³-hybridized carbons (Fsp3) is 0.103. The van der Waals surface area contributed by atoms with Crippen LogP contribution in [0.25, 0.3) is 0 Å². The SMILES string of the molecule is CCOc1cc(C(=O)N/N=C/c2cc(Br)ccc2Oc2ccc([N+](=O)[O-])cc2[N+](=O)[O-])ccc1OCc1ccccc1. The molecule has 0 saturated carbocycles. The third kappa shape index (κ3) is 7.67. The third-order valence-electron chi connectivity index (χ3n) is 5.65. The molecular formula is C29H23BrN4O8. The Kier molecular flexibility index (Phi) is 9.79. The summed E-state index contributed by atoms with van der Waals surface area (Å²) in [5.74, 6) is 0.316. The molecule has 0 aliphatic carbocycles. The molecule has 4 aromatic rings. The van der Waals surface area contributed by atoms with E-state index in [0.717, 1.165) is 23.8 Å². The highest BCUT2D eigenvalue weighted by molar-refractivity contribution is 9.10. The van der Waals surface area contributed by atoms with Crippen LogP contribution < -0.4 is 19.6 Å². The summed E-state index contributed by atoms with van der Waals surface area (Å²) >= 11 is 3.35. The van der Waals surface area contributed by atoms with Gasteiger partial charge in [-0.3, -0.25) is 25.0 Å². The molecule has 12 nitrogen and oxygen atoms in total. The van der Waals surface area contributed by atoms with Crippen molar-refractivity contribution in [2.75, 3.05) is 6.61 Å². The number of hydrogen-bond acceptors (Lipinski definition) is 9. The zero-order valence-corrected chi connectivity index (χ0v) is 23.6. The lowest BCUT2D eigenvalue weighted by Crippen LogP contribution is -2.18. The average molecular weight is 635 g/mol. The molecule has 4 aromatic carbocycles. The fourth-order valence-electron chi connectivity index (χ4n) is 3.68. The van der Waals surface area contributed by atoms with Crippen LogP contribution in [0.15, 0.2) is 94.5 Å². The van der Waals surface area contributed by atoms with E-state index in [2.05, 4.69) is 26.5 Å². The van der Waals surface area contributed by atoms with Crippen LogP contribution >= 0.6 is 15.9 Å². The highest BCUT2D eigenvalue weighted by atomic mass is 79.9. The molecule has 0 heterocycles. The number of halogens is 1. The molecule has 13 heteroatoms. The van der Waals surface area contributed by atoms with Gasteiger partial charge in [0.05, 0.1) is 28.7 Å². The van der Waals surface area contributed by atoms with E-state index in [-0.39, 0.29) is 17.1 Å². The number of amides is 1. The lowest BCUT2D eigenvalue weighted by atomic mass is 10.2. The Morgan fingerprint density at radius 1 is 0.881 bits per heavy atom. The first kappa shape index (κ1) is 29.7. The Labute approximate surface area is 248 Å². The molecular weight excluding hydrogens is 612 g/mol. The smallest absolute Gasteiger partial charge is 0.318 e. The molecule has 0 aliphatic rings. The minimum atomic E-state index is -0.774. The molecule has 0 radical (unpaired) electrons. The number of nitrogens with zero attached hydrogens (tertiary/aromatic N) is 3. The zero-order chi connectivity index (χ0) is 30.1. The number of rotatable bonds is 12. The van der Waals surface area contributed by atoms with E-state index < -0.39 is 27.1 Å². The van der Waals surface area contributed by atoms with E-state index in [4.69, 9.17) is 14.2 Å². The zero-order valence-electron chi connectivity index (χ0n) is 22.1. The van der Waals surface area contributed by atoms with Crippen LogP contribution in [-0.2, 0) is 6.61 Å². The lowest BCUT2D eigenvalue weighted by molar-refractivity contribution is -0.394. The summed E-state index contributed by atoms with van der Waals surface area (Å²) < 4.78 is 17.9. The number of nitro benzene ring substituents is 2. The second-order valence-electron chi connectivity index (χ2n) is 8.52. The molecule has 0 atom stereocenters. The minimum Gasteiger partial charge on any atom is -0.490 e. The van der Waals surface area contributed by atoms with E-state index in [0.29, 0.717) is 34.7 Å². The Morgan fingerprint density at radius 3 is 2.33 bits per heavy atom. The molecule has 0 aliphatic heterocycles. The summed E-state index contributed by atoms with van der Waals surface area (Å²) in [6.07, 6.45) is 1.30. The summed E-state index contributed by atoms with van der Waals surface area (Å²) in [6, 6.07) is 22.2. The van der Waals surface area contributed by atoms with Crippen molar-refractivity contribution >= 4 is 39.4 Å². The van der Waals surface area contributed by atoms with Gasteiger partial charge in [-0.2, -0.15) is 5.10 Å². The number of nitro groups is 2. The highest BCUT2D eigenvalue weighted by Gasteiger charge is 2.22. The maximum Gasteiger partial charge on any atom is 0.318 e. The van der Waals surface area contributed by atoms with Gasteiger partial charge in [0.1, 0.15) is 12.4 Å². The summed E-state index contributed by atoms with van der Waals surface area (Å²) in [7, 11) is 0. The first-order chi connectivity index (χ1) is 20.2. The largest absolute Gasteiger partial charge is 0.490 e. The first-order valence-corrected chi connectivity index (χ1v) is 13.2. The number of hydrogen-bond donors (Lipinski definition) is 1. The van der Waals surface area contributed by atoms with Gasteiger partial charge >= 0.3 is 5.69 Å². The molecule has 0 unspecified atom stereocenters. The highest BCUT2D eigenvalue weighted by Crippen LogP contribution is 2.36. The summed E-state index contributed by atoms with van der Waals surface area (Å²) in [4.78, 5) is 33.9. The van der Waals surface area contributed by atoms with Crippen molar-refractivity contribution in [3.8, 4) is 23.0 Å². The third-order valence-corrected chi connectivity index (χ3v) is 6.15. The molecule has 42 heavy (non-hydrogen) atoms. The minimum absolute atomic E-state index is 0.159. The molecule has 0 fully saturated rings. The van der Waals surface area contributed by atoms with Crippen LogP contribution in [0.2, 0.25) is 0 Å². The summed E-state index contributed by atoms with van der Waals surface area (Å²) in [5.41, 5.74) is 3.02. The maximum atomic E-state index is 12.8. The van der Waals surface area contributed by atoms with E-state index >= 15 is 0 Å². The van der Waals surface area contributed by atoms with E-state index in [1.165, 1.54) is 12.3 Å². The Morgan fingerprint density at radius 2 is 1.62 bits per heavy atom. The molecule has 0 aromatic heterocycles. The average Bonchev–Trinajstić information content (AvgIpc) is 2.98. The van der Waals surface area contributed by atoms with Crippen LogP contribution in [0.3, 0.4) is 0 Å². The van der Waals surface area contributed by atoms with Crippen molar-refractivity contribution in [1.29, 1.82) is 0 Å². The molecule has 0 saturated heterocycles. The van der Waals surface area contributed by atoms with Gasteiger partial charge in [0.25, 0.3) is 11.6 Å². The topological polar surface area (TPSA) is 155 Å². The van der Waals surface area contributed by atoms with Gasteiger partial charge in [0.2, 0.25) is 5.75 Å². The van der Waals surface area contributed by atoms with Crippen LogP contribution in [-0.4, -0.2) is 28.6 Å². The van der Waals surface area contributed by atoms with Gasteiger partial charge in [0.15, 0.2) is 11.5 Å². The van der Waals surface area contributed by atoms with Gasteiger partial charge in [-0.05, 0) is 55.0 Å². The van der Waals surface area contributed by atoms with Crippen molar-refractivity contribution < 1.29 is 28.9 Å². The number of ether oxygens (including phenoxy) is 3. The quantitative estimate of drug-likeness (QED) is 0.101. The predicted molar refractivity (Wildman–Crippen MR) is 157 cm³/mol. The lowest BCUT2D eigenvalue weighted by Gasteiger charge is -2.13. The summed E-state index contributed by atoms with van der Waals surface area (Å²) in [6.45, 7) is 2.52. The number of non-ortho nitro benzene ring substituents is 1. The number of benzene rings is 4. The van der Waals surface area contributed by atoms with Crippen molar-refractivity contribution in [2.45, 2.75) is 13.5 Å². The second-order valence-corrected chi connectivity index (χ2v) is 9.43. The van der Waals surface area contributed by atoms with Crippen molar-refractivity contribution in [3.05, 3.63) is 126 Å². The first-order valence-electron chi connectivity index (χ1n) is 12.4. The second kappa shape index (κ2) is 13.9. The van der Waals surface area contributed by atoms with Gasteiger partial charge in [-0.25, -0.2) is 5.43 Å². The van der Waals surface area contributed by atoms with Crippen LogP contribution in [0.4, 0.5) is 11.4 Å². The van der Waals surface area contributed by atoms with E-state index in [1.807, 2.05) is 37.3 Å². The van der Waals surface area contributed by atoms with Gasteiger partial charge in [-0.1, -0.05) is 46.3 Å². The van der Waals surface area contributed by atoms with E-state index in [1.54, 1.807) is 30.3 Å².